The van der Waals surface area contributed by atoms with Crippen LogP contribution >= 0.6 is 11.8 Å². The molecule has 4 aromatic rings. The lowest BCUT2D eigenvalue weighted by molar-refractivity contribution is -0.113. The maximum Gasteiger partial charge on any atom is 0.234 e. The summed E-state index contributed by atoms with van der Waals surface area (Å²) in [6.07, 6.45) is 0. The molecule has 0 atom stereocenters. The number of anilines is 1. The Morgan fingerprint density at radius 2 is 1.66 bits per heavy atom. The van der Waals surface area contributed by atoms with Crippen molar-refractivity contribution in [1.82, 2.24) is 14.8 Å². The predicted molar refractivity (Wildman–Crippen MR) is 135 cm³/mol. The number of hydrogen-bond acceptors (Lipinski definition) is 7. The topological polar surface area (TPSA) is 87.5 Å². The van der Waals surface area contributed by atoms with E-state index in [2.05, 4.69) is 15.5 Å². The summed E-state index contributed by atoms with van der Waals surface area (Å²) in [5.74, 6) is 2.57. The van der Waals surface area contributed by atoms with Gasteiger partial charge in [-0.05, 0) is 29.8 Å². The third-order valence-corrected chi connectivity index (χ3v) is 6.07. The van der Waals surface area contributed by atoms with Crippen molar-refractivity contribution in [1.29, 1.82) is 0 Å². The van der Waals surface area contributed by atoms with Crippen molar-refractivity contribution in [3.8, 4) is 17.2 Å². The highest BCUT2D eigenvalue weighted by Crippen LogP contribution is 2.29. The number of nitrogens with one attached hydrogen (secondary N) is 1. The van der Waals surface area contributed by atoms with Gasteiger partial charge in [0.05, 0.1) is 32.2 Å². The Morgan fingerprint density at radius 3 is 2.37 bits per heavy atom. The smallest absolute Gasteiger partial charge is 0.234 e. The van der Waals surface area contributed by atoms with Crippen molar-refractivity contribution in [2.24, 2.45) is 0 Å². The van der Waals surface area contributed by atoms with Crippen molar-refractivity contribution in [3.05, 3.63) is 90.3 Å². The van der Waals surface area contributed by atoms with Gasteiger partial charge in [-0.25, -0.2) is 0 Å². The Balaban J connectivity index is 1.46. The van der Waals surface area contributed by atoms with E-state index in [1.54, 1.807) is 32.4 Å². The number of nitrogens with zero attached hydrogens (tertiary/aromatic N) is 3. The first-order chi connectivity index (χ1) is 17.2. The molecule has 35 heavy (non-hydrogen) atoms. The van der Waals surface area contributed by atoms with Gasteiger partial charge in [-0.2, -0.15) is 0 Å². The minimum Gasteiger partial charge on any atom is -0.497 e. The fourth-order valence-corrected chi connectivity index (χ4v) is 4.10. The molecule has 0 spiro atoms. The molecule has 4 rings (SSSR count). The third kappa shape index (κ3) is 6.54. The fourth-order valence-electron chi connectivity index (χ4n) is 3.34. The Kier molecular flexibility index (Phi) is 8.24. The molecule has 0 aliphatic carbocycles. The highest BCUT2D eigenvalue weighted by molar-refractivity contribution is 7.99. The number of carbonyl (C=O) groups excluding carboxylic acids is 1. The Bertz CT molecular complexity index is 1250. The zero-order chi connectivity index (χ0) is 24.5. The first-order valence-corrected chi connectivity index (χ1v) is 11.9. The highest BCUT2D eigenvalue weighted by atomic mass is 32.2. The van der Waals surface area contributed by atoms with Crippen molar-refractivity contribution >= 4 is 23.4 Å². The zero-order valence-electron chi connectivity index (χ0n) is 19.5. The largest absolute Gasteiger partial charge is 0.497 e. The van der Waals surface area contributed by atoms with Gasteiger partial charge in [-0.15, -0.1) is 10.2 Å². The summed E-state index contributed by atoms with van der Waals surface area (Å²) in [5, 5.41) is 12.2. The number of rotatable bonds is 11. The van der Waals surface area contributed by atoms with E-state index in [0.29, 0.717) is 34.7 Å². The second-order valence-corrected chi connectivity index (χ2v) is 8.42. The minimum atomic E-state index is -0.185. The summed E-state index contributed by atoms with van der Waals surface area (Å²) in [5.41, 5.74) is 1.67. The summed E-state index contributed by atoms with van der Waals surface area (Å²) in [7, 11) is 3.12. The highest BCUT2D eigenvalue weighted by Gasteiger charge is 2.16. The number of thioether (sulfide) groups is 1. The summed E-state index contributed by atoms with van der Waals surface area (Å²) in [6.45, 7) is 0.831. The van der Waals surface area contributed by atoms with Gasteiger partial charge in [0.2, 0.25) is 5.91 Å². The SMILES string of the molecule is COc1ccc(NC(=O)CSc2nnc(COc3ccccc3)n2Cc2ccccc2)c(OC)c1. The second-order valence-electron chi connectivity index (χ2n) is 7.48. The average Bonchev–Trinajstić information content (AvgIpc) is 3.28. The third-order valence-electron chi connectivity index (χ3n) is 5.10. The molecule has 8 nitrogen and oxygen atoms in total. The summed E-state index contributed by atoms with van der Waals surface area (Å²) < 4.78 is 18.4. The molecule has 1 amide bonds. The van der Waals surface area contributed by atoms with Crippen LogP contribution in [-0.4, -0.2) is 40.6 Å². The number of amides is 1. The molecule has 9 heteroatoms. The lowest BCUT2D eigenvalue weighted by Crippen LogP contribution is -2.16. The van der Waals surface area contributed by atoms with E-state index in [1.165, 1.54) is 11.8 Å². The van der Waals surface area contributed by atoms with Crippen molar-refractivity contribution < 1.29 is 19.0 Å². The van der Waals surface area contributed by atoms with Gasteiger partial charge in [0.15, 0.2) is 11.0 Å². The van der Waals surface area contributed by atoms with Gasteiger partial charge in [-0.1, -0.05) is 60.3 Å². The van der Waals surface area contributed by atoms with Crippen LogP contribution in [0, 0.1) is 0 Å². The van der Waals surface area contributed by atoms with Crippen molar-refractivity contribution in [3.63, 3.8) is 0 Å². The molecule has 0 unspecified atom stereocenters. The van der Waals surface area contributed by atoms with Crippen LogP contribution in [0.1, 0.15) is 11.4 Å². The number of ether oxygens (including phenoxy) is 3. The summed E-state index contributed by atoms with van der Waals surface area (Å²) in [4.78, 5) is 12.7. The Hall–Kier alpha value is -3.98. The van der Waals surface area contributed by atoms with Gasteiger partial charge >= 0.3 is 0 Å². The molecule has 0 aliphatic heterocycles. The van der Waals surface area contributed by atoms with Crippen LogP contribution in [0.15, 0.2) is 84.0 Å². The first-order valence-electron chi connectivity index (χ1n) is 10.9. The number of benzene rings is 3. The first kappa shape index (κ1) is 24.2. The van der Waals surface area contributed by atoms with E-state index in [9.17, 15) is 4.79 Å². The molecule has 1 N–H and O–H groups in total. The standard InChI is InChI=1S/C26H26N4O4S/c1-32-21-13-14-22(23(15-21)33-2)27-25(31)18-35-26-29-28-24(17-34-20-11-7-4-8-12-20)30(26)16-19-9-5-3-6-10-19/h3-15H,16-18H2,1-2H3,(H,27,31). The lowest BCUT2D eigenvalue weighted by atomic mass is 10.2. The van der Waals surface area contributed by atoms with Crippen LogP contribution in [0.3, 0.4) is 0 Å². The minimum absolute atomic E-state index is 0.154. The Morgan fingerprint density at radius 1 is 0.914 bits per heavy atom. The molecule has 3 aromatic carbocycles. The summed E-state index contributed by atoms with van der Waals surface area (Å²) in [6, 6.07) is 24.8. The van der Waals surface area contributed by atoms with Gasteiger partial charge in [0.1, 0.15) is 23.9 Å². The molecule has 0 saturated carbocycles. The van der Waals surface area contributed by atoms with Gasteiger partial charge in [-0.3, -0.25) is 9.36 Å². The maximum absolute atomic E-state index is 12.7. The van der Waals surface area contributed by atoms with E-state index >= 15 is 0 Å². The number of hydrogen-bond donors (Lipinski definition) is 1. The van der Waals surface area contributed by atoms with Crippen LogP contribution in [0.2, 0.25) is 0 Å². The molecule has 0 bridgehead atoms. The molecule has 0 radical (unpaired) electrons. The van der Waals surface area contributed by atoms with Crippen LogP contribution in [0.5, 0.6) is 17.2 Å². The van der Waals surface area contributed by atoms with E-state index < -0.39 is 0 Å². The normalized spacial score (nSPS) is 10.6. The van der Waals surface area contributed by atoms with Gasteiger partial charge in [0, 0.05) is 6.07 Å². The Labute approximate surface area is 208 Å². The van der Waals surface area contributed by atoms with Crippen molar-refractivity contribution in [2.45, 2.75) is 18.3 Å². The molecule has 0 saturated heterocycles. The van der Waals surface area contributed by atoms with Crippen molar-refractivity contribution in [2.75, 3.05) is 25.3 Å². The molecule has 0 fully saturated rings. The zero-order valence-corrected chi connectivity index (χ0v) is 20.3. The van der Waals surface area contributed by atoms with Crippen LogP contribution in [0.25, 0.3) is 0 Å². The van der Waals surface area contributed by atoms with E-state index in [-0.39, 0.29) is 18.3 Å². The predicted octanol–water partition coefficient (Wildman–Crippen LogP) is 4.65. The van der Waals surface area contributed by atoms with E-state index in [4.69, 9.17) is 14.2 Å². The lowest BCUT2D eigenvalue weighted by Gasteiger charge is -2.12. The van der Waals surface area contributed by atoms with Crippen LogP contribution < -0.4 is 19.5 Å². The number of carbonyl (C=O) groups is 1. The monoisotopic (exact) mass is 490 g/mol. The van der Waals surface area contributed by atoms with E-state index in [1.807, 2.05) is 65.2 Å². The maximum atomic E-state index is 12.7. The summed E-state index contributed by atoms with van der Waals surface area (Å²) >= 11 is 1.31. The van der Waals surface area contributed by atoms with E-state index in [0.717, 1.165) is 11.3 Å². The average molecular weight is 491 g/mol. The molecular weight excluding hydrogens is 464 g/mol. The number of para-hydroxylation sites is 1. The number of aromatic nitrogens is 3. The van der Waals surface area contributed by atoms with Gasteiger partial charge in [0.25, 0.3) is 0 Å². The second kappa shape index (κ2) is 11.9. The van der Waals surface area contributed by atoms with Crippen LogP contribution in [-0.2, 0) is 17.9 Å². The molecule has 1 aromatic heterocycles. The van der Waals surface area contributed by atoms with Crippen LogP contribution in [0.4, 0.5) is 5.69 Å². The molecular formula is C26H26N4O4S. The molecule has 1 heterocycles. The quantitative estimate of drug-likeness (QED) is 0.306. The van der Waals surface area contributed by atoms with Gasteiger partial charge < -0.3 is 19.5 Å². The molecule has 0 aliphatic rings. The fraction of sp³-hybridized carbons (Fsp3) is 0.192. The number of methoxy groups -OCH3 is 2. The molecule has 180 valence electrons.